The highest BCUT2D eigenvalue weighted by Crippen LogP contribution is 2.34. The van der Waals surface area contributed by atoms with Gasteiger partial charge >= 0.3 is 0 Å². The van der Waals surface area contributed by atoms with Crippen LogP contribution in [0.2, 0.25) is 0 Å². The minimum atomic E-state index is -0.168. The van der Waals surface area contributed by atoms with Crippen molar-refractivity contribution >= 4 is 0 Å². The lowest BCUT2D eigenvalue weighted by molar-refractivity contribution is 0.127. The van der Waals surface area contributed by atoms with Crippen molar-refractivity contribution in [2.75, 3.05) is 0 Å². The zero-order valence-corrected chi connectivity index (χ0v) is 8.99. The summed E-state index contributed by atoms with van der Waals surface area (Å²) in [6.07, 6.45) is 2.67. The van der Waals surface area contributed by atoms with Gasteiger partial charge in [0.25, 0.3) is 0 Å². The number of rotatable bonds is 2. The molecule has 0 amide bonds. The molecule has 2 rings (SSSR count). The third-order valence-corrected chi connectivity index (χ3v) is 3.57. The molecule has 0 bridgehead atoms. The van der Waals surface area contributed by atoms with Crippen LogP contribution in [0.25, 0.3) is 0 Å². The van der Waals surface area contributed by atoms with Gasteiger partial charge in [-0.05, 0) is 48.8 Å². The number of aliphatic hydroxyl groups is 1. The Labute approximate surface area is 89.9 Å². The first-order chi connectivity index (χ1) is 7.16. The van der Waals surface area contributed by atoms with Crippen molar-refractivity contribution in [2.24, 2.45) is 11.8 Å². The largest absolute Gasteiger partial charge is 0.393 e. The van der Waals surface area contributed by atoms with Gasteiger partial charge in [-0.25, -0.2) is 4.39 Å². The molecule has 3 atom stereocenters. The zero-order chi connectivity index (χ0) is 10.8. The quantitative estimate of drug-likeness (QED) is 0.792. The molecule has 1 aromatic rings. The molecule has 1 saturated carbocycles. The molecule has 0 spiro atoms. The molecule has 82 valence electrons. The highest BCUT2D eigenvalue weighted by molar-refractivity contribution is 5.17. The van der Waals surface area contributed by atoms with Crippen LogP contribution in [-0.2, 0) is 6.42 Å². The van der Waals surface area contributed by atoms with E-state index in [4.69, 9.17) is 0 Å². The summed E-state index contributed by atoms with van der Waals surface area (Å²) in [5, 5.41) is 9.63. The van der Waals surface area contributed by atoms with Crippen molar-refractivity contribution in [3.8, 4) is 0 Å². The molecular weight excluding hydrogens is 191 g/mol. The van der Waals surface area contributed by atoms with Gasteiger partial charge in [0.15, 0.2) is 0 Å². The Morgan fingerprint density at radius 2 is 2.20 bits per heavy atom. The molecule has 1 fully saturated rings. The fourth-order valence-electron chi connectivity index (χ4n) is 2.48. The molecule has 1 N–H and O–H groups in total. The standard InChI is InChI=1S/C13H17FO/c1-9-11(5-6-13(9)15)7-10-3-2-4-12(14)8-10/h2-4,8-9,11,13,15H,5-7H2,1H3. The average Bonchev–Trinajstić information content (AvgIpc) is 2.50. The summed E-state index contributed by atoms with van der Waals surface area (Å²) in [6.45, 7) is 2.08. The normalized spacial score (nSPS) is 30.7. The van der Waals surface area contributed by atoms with E-state index in [-0.39, 0.29) is 11.9 Å². The van der Waals surface area contributed by atoms with Crippen LogP contribution in [-0.4, -0.2) is 11.2 Å². The fraction of sp³-hybridized carbons (Fsp3) is 0.538. The third kappa shape index (κ3) is 2.37. The Morgan fingerprint density at radius 1 is 1.40 bits per heavy atom. The summed E-state index contributed by atoms with van der Waals surface area (Å²) >= 11 is 0. The van der Waals surface area contributed by atoms with E-state index < -0.39 is 0 Å². The number of aliphatic hydroxyl groups excluding tert-OH is 1. The van der Waals surface area contributed by atoms with Crippen molar-refractivity contribution < 1.29 is 9.50 Å². The summed E-state index contributed by atoms with van der Waals surface area (Å²) in [7, 11) is 0. The van der Waals surface area contributed by atoms with Gasteiger partial charge in [0.1, 0.15) is 5.82 Å². The Hall–Kier alpha value is -0.890. The Bertz CT molecular complexity index is 337. The van der Waals surface area contributed by atoms with Crippen LogP contribution in [0.15, 0.2) is 24.3 Å². The molecule has 3 unspecified atom stereocenters. The first kappa shape index (κ1) is 10.6. The minimum absolute atomic E-state index is 0.163. The summed E-state index contributed by atoms with van der Waals surface area (Å²) in [4.78, 5) is 0. The Morgan fingerprint density at radius 3 is 2.80 bits per heavy atom. The van der Waals surface area contributed by atoms with Crippen LogP contribution in [0.4, 0.5) is 4.39 Å². The van der Waals surface area contributed by atoms with Gasteiger partial charge in [-0.1, -0.05) is 19.1 Å². The zero-order valence-electron chi connectivity index (χ0n) is 8.99. The van der Waals surface area contributed by atoms with Gasteiger partial charge in [-0.2, -0.15) is 0 Å². The topological polar surface area (TPSA) is 20.2 Å². The van der Waals surface area contributed by atoms with E-state index in [9.17, 15) is 9.50 Å². The van der Waals surface area contributed by atoms with Crippen LogP contribution in [0, 0.1) is 17.7 Å². The van der Waals surface area contributed by atoms with Gasteiger partial charge in [0.05, 0.1) is 6.10 Å². The number of hydrogen-bond donors (Lipinski definition) is 1. The lowest BCUT2D eigenvalue weighted by Crippen LogP contribution is -2.16. The molecule has 1 aliphatic carbocycles. The number of halogens is 1. The van der Waals surface area contributed by atoms with E-state index in [1.807, 2.05) is 6.07 Å². The van der Waals surface area contributed by atoms with Gasteiger partial charge in [-0.15, -0.1) is 0 Å². The van der Waals surface area contributed by atoms with E-state index in [1.165, 1.54) is 6.07 Å². The third-order valence-electron chi connectivity index (χ3n) is 3.57. The molecular formula is C13H17FO. The predicted octanol–water partition coefficient (Wildman–Crippen LogP) is 2.78. The molecule has 2 heteroatoms. The lowest BCUT2D eigenvalue weighted by Gasteiger charge is -2.17. The van der Waals surface area contributed by atoms with Crippen LogP contribution in [0.1, 0.15) is 25.3 Å². The second kappa shape index (κ2) is 4.31. The highest BCUT2D eigenvalue weighted by atomic mass is 19.1. The molecule has 0 radical (unpaired) electrons. The van der Waals surface area contributed by atoms with Crippen molar-refractivity contribution in [1.29, 1.82) is 0 Å². The summed E-state index contributed by atoms with van der Waals surface area (Å²) < 4.78 is 13.0. The Kier molecular flexibility index (Phi) is 3.06. The average molecular weight is 208 g/mol. The van der Waals surface area contributed by atoms with E-state index in [2.05, 4.69) is 6.92 Å². The van der Waals surface area contributed by atoms with Gasteiger partial charge in [0.2, 0.25) is 0 Å². The summed E-state index contributed by atoms with van der Waals surface area (Å²) in [6, 6.07) is 6.77. The molecule has 1 aliphatic rings. The maximum atomic E-state index is 13.0. The van der Waals surface area contributed by atoms with E-state index >= 15 is 0 Å². The van der Waals surface area contributed by atoms with Crippen molar-refractivity contribution in [1.82, 2.24) is 0 Å². The fourth-order valence-corrected chi connectivity index (χ4v) is 2.48. The predicted molar refractivity (Wildman–Crippen MR) is 58.0 cm³/mol. The molecule has 0 aromatic heterocycles. The summed E-state index contributed by atoms with van der Waals surface area (Å²) in [5.41, 5.74) is 1.04. The van der Waals surface area contributed by atoms with Crippen molar-refractivity contribution in [3.63, 3.8) is 0 Å². The van der Waals surface area contributed by atoms with Gasteiger partial charge in [0, 0.05) is 0 Å². The van der Waals surface area contributed by atoms with Gasteiger partial charge < -0.3 is 5.11 Å². The monoisotopic (exact) mass is 208 g/mol. The molecule has 0 saturated heterocycles. The second-order valence-corrected chi connectivity index (χ2v) is 4.60. The summed E-state index contributed by atoms with van der Waals surface area (Å²) in [5.74, 6) is 0.675. The van der Waals surface area contributed by atoms with Crippen LogP contribution < -0.4 is 0 Å². The first-order valence-electron chi connectivity index (χ1n) is 5.59. The maximum Gasteiger partial charge on any atom is 0.123 e. The molecule has 15 heavy (non-hydrogen) atoms. The van der Waals surface area contributed by atoms with Crippen LogP contribution >= 0.6 is 0 Å². The SMILES string of the molecule is CC1C(O)CCC1Cc1cccc(F)c1. The highest BCUT2D eigenvalue weighted by Gasteiger charge is 2.31. The maximum absolute atomic E-state index is 13.0. The number of benzene rings is 1. The first-order valence-corrected chi connectivity index (χ1v) is 5.59. The molecule has 0 heterocycles. The van der Waals surface area contributed by atoms with E-state index in [0.717, 1.165) is 24.8 Å². The molecule has 1 aromatic carbocycles. The van der Waals surface area contributed by atoms with E-state index in [0.29, 0.717) is 11.8 Å². The second-order valence-electron chi connectivity index (χ2n) is 4.60. The van der Waals surface area contributed by atoms with Gasteiger partial charge in [-0.3, -0.25) is 0 Å². The van der Waals surface area contributed by atoms with Crippen molar-refractivity contribution in [2.45, 2.75) is 32.3 Å². The minimum Gasteiger partial charge on any atom is -0.393 e. The molecule has 1 nitrogen and oxygen atoms in total. The smallest absolute Gasteiger partial charge is 0.123 e. The van der Waals surface area contributed by atoms with Crippen LogP contribution in [0.3, 0.4) is 0 Å². The van der Waals surface area contributed by atoms with Crippen molar-refractivity contribution in [3.05, 3.63) is 35.6 Å². The lowest BCUT2D eigenvalue weighted by atomic mass is 9.90. The molecule has 0 aliphatic heterocycles. The number of hydrogen-bond acceptors (Lipinski definition) is 1. The van der Waals surface area contributed by atoms with Crippen LogP contribution in [0.5, 0.6) is 0 Å². The Balaban J connectivity index is 2.03. The van der Waals surface area contributed by atoms with E-state index in [1.54, 1.807) is 12.1 Å².